The van der Waals surface area contributed by atoms with Gasteiger partial charge in [0.1, 0.15) is 6.17 Å². The second-order valence-electron chi connectivity index (χ2n) is 4.92. The van der Waals surface area contributed by atoms with Crippen LogP contribution in [-0.2, 0) is 4.79 Å². The van der Waals surface area contributed by atoms with E-state index in [9.17, 15) is 9.18 Å². The molecule has 4 nitrogen and oxygen atoms in total. The Balaban J connectivity index is 1.92. The predicted octanol–water partition coefficient (Wildman–Crippen LogP) is -0.197. The maximum atomic E-state index is 13.2. The molecule has 2 aliphatic rings. The summed E-state index contributed by atoms with van der Waals surface area (Å²) in [4.78, 5) is 18.1. The summed E-state index contributed by atoms with van der Waals surface area (Å²) >= 11 is 0. The zero-order valence-corrected chi connectivity index (χ0v) is 10.0. The van der Waals surface area contributed by atoms with Crippen molar-refractivity contribution < 1.29 is 9.18 Å². The van der Waals surface area contributed by atoms with Crippen LogP contribution in [0.3, 0.4) is 0 Å². The van der Waals surface area contributed by atoms with Crippen molar-refractivity contribution in [2.24, 2.45) is 0 Å². The number of hydrogen-bond donors (Lipinski definition) is 0. The topological polar surface area (TPSA) is 26.8 Å². The summed E-state index contributed by atoms with van der Waals surface area (Å²) in [6.45, 7) is 3.78. The molecule has 0 unspecified atom stereocenters. The zero-order valence-electron chi connectivity index (χ0n) is 10.0. The van der Waals surface area contributed by atoms with Gasteiger partial charge in [-0.1, -0.05) is 0 Å². The van der Waals surface area contributed by atoms with Crippen LogP contribution in [0.5, 0.6) is 0 Å². The Kier molecular flexibility index (Phi) is 3.44. The lowest BCUT2D eigenvalue weighted by molar-refractivity contribution is -0.137. The number of likely N-dealkylation sites (N-methyl/N-ethyl adjacent to an activating group) is 2. The summed E-state index contributed by atoms with van der Waals surface area (Å²) in [6, 6.07) is -0.238. The standard InChI is InChI=1S/C11H20FN3O/c1-13-3-5-15(6-4-13)11(16)10-7-9(12)8-14(10)2/h9-10H,3-8H2,1-2H3/t9-,10+/m0/s1. The van der Waals surface area contributed by atoms with E-state index in [0.717, 1.165) is 26.2 Å². The molecule has 2 aliphatic heterocycles. The van der Waals surface area contributed by atoms with Crippen molar-refractivity contribution >= 4 is 5.91 Å². The van der Waals surface area contributed by atoms with Crippen molar-refractivity contribution in [1.82, 2.24) is 14.7 Å². The molecule has 0 bridgehead atoms. The van der Waals surface area contributed by atoms with Gasteiger partial charge in [-0.2, -0.15) is 0 Å². The van der Waals surface area contributed by atoms with E-state index >= 15 is 0 Å². The van der Waals surface area contributed by atoms with Crippen molar-refractivity contribution in [2.75, 3.05) is 46.8 Å². The highest BCUT2D eigenvalue weighted by molar-refractivity contribution is 5.82. The van der Waals surface area contributed by atoms with Crippen LogP contribution >= 0.6 is 0 Å². The first kappa shape index (κ1) is 11.8. The van der Waals surface area contributed by atoms with E-state index in [2.05, 4.69) is 11.9 Å². The van der Waals surface area contributed by atoms with Gasteiger partial charge in [0.2, 0.25) is 5.91 Å². The third kappa shape index (κ3) is 2.35. The van der Waals surface area contributed by atoms with Crippen LogP contribution in [0, 0.1) is 0 Å². The Morgan fingerprint density at radius 2 is 1.81 bits per heavy atom. The first-order chi connectivity index (χ1) is 7.58. The molecule has 0 aromatic carbocycles. The van der Waals surface area contributed by atoms with E-state index in [0.29, 0.717) is 13.0 Å². The van der Waals surface area contributed by atoms with Gasteiger partial charge in [0.15, 0.2) is 0 Å². The number of halogens is 1. The first-order valence-electron chi connectivity index (χ1n) is 5.89. The smallest absolute Gasteiger partial charge is 0.240 e. The van der Waals surface area contributed by atoms with Crippen LogP contribution in [0.25, 0.3) is 0 Å². The van der Waals surface area contributed by atoms with Crippen molar-refractivity contribution in [3.05, 3.63) is 0 Å². The van der Waals surface area contributed by atoms with Gasteiger partial charge < -0.3 is 9.80 Å². The minimum atomic E-state index is -0.841. The maximum Gasteiger partial charge on any atom is 0.240 e. The molecule has 2 rings (SSSR count). The third-order valence-electron chi connectivity index (χ3n) is 3.60. The fraction of sp³-hybridized carbons (Fsp3) is 0.909. The van der Waals surface area contributed by atoms with Crippen LogP contribution in [0.1, 0.15) is 6.42 Å². The predicted molar refractivity (Wildman–Crippen MR) is 60.0 cm³/mol. The SMILES string of the molecule is CN1CCN(C(=O)[C@H]2C[C@H](F)CN2C)CC1. The highest BCUT2D eigenvalue weighted by atomic mass is 19.1. The second kappa shape index (κ2) is 4.67. The summed E-state index contributed by atoms with van der Waals surface area (Å²) < 4.78 is 13.2. The van der Waals surface area contributed by atoms with Crippen molar-refractivity contribution in [1.29, 1.82) is 0 Å². The zero-order chi connectivity index (χ0) is 11.7. The van der Waals surface area contributed by atoms with Crippen molar-refractivity contribution in [2.45, 2.75) is 18.6 Å². The van der Waals surface area contributed by atoms with Crippen LogP contribution in [0.2, 0.25) is 0 Å². The molecule has 0 N–H and O–H groups in total. The molecule has 92 valence electrons. The molecular formula is C11H20FN3O. The number of likely N-dealkylation sites (tertiary alicyclic amines) is 1. The lowest BCUT2D eigenvalue weighted by Crippen LogP contribution is -2.52. The summed E-state index contributed by atoms with van der Waals surface area (Å²) in [5.74, 6) is 0.107. The third-order valence-corrected chi connectivity index (χ3v) is 3.60. The maximum absolute atomic E-state index is 13.2. The molecule has 0 saturated carbocycles. The van der Waals surface area contributed by atoms with Gasteiger partial charge in [-0.15, -0.1) is 0 Å². The van der Waals surface area contributed by atoms with E-state index in [4.69, 9.17) is 0 Å². The van der Waals surface area contributed by atoms with Crippen molar-refractivity contribution in [3.8, 4) is 0 Å². The molecule has 0 aromatic rings. The number of carbonyl (C=O) groups excluding carboxylic acids is 1. The molecule has 0 aromatic heterocycles. The number of amides is 1. The quantitative estimate of drug-likeness (QED) is 0.623. The average molecular weight is 229 g/mol. The molecule has 16 heavy (non-hydrogen) atoms. The van der Waals surface area contributed by atoms with Crippen molar-refractivity contribution in [3.63, 3.8) is 0 Å². The van der Waals surface area contributed by atoms with Gasteiger partial charge in [-0.05, 0) is 14.1 Å². The monoisotopic (exact) mass is 229 g/mol. The lowest BCUT2D eigenvalue weighted by atomic mass is 10.1. The van der Waals surface area contributed by atoms with Crippen LogP contribution < -0.4 is 0 Å². The summed E-state index contributed by atoms with van der Waals surface area (Å²) in [5.41, 5.74) is 0. The van der Waals surface area contributed by atoms with E-state index in [1.165, 1.54) is 0 Å². The number of hydrogen-bond acceptors (Lipinski definition) is 3. The molecule has 1 amide bonds. The number of nitrogens with zero attached hydrogens (tertiary/aromatic N) is 3. The minimum Gasteiger partial charge on any atom is -0.339 e. The number of carbonyl (C=O) groups is 1. The minimum absolute atomic E-state index is 0.107. The van der Waals surface area contributed by atoms with Crippen LogP contribution in [-0.4, -0.2) is 79.6 Å². The van der Waals surface area contributed by atoms with E-state index < -0.39 is 6.17 Å². The molecule has 2 heterocycles. The number of rotatable bonds is 1. The Hall–Kier alpha value is -0.680. The second-order valence-corrected chi connectivity index (χ2v) is 4.92. The van der Waals surface area contributed by atoms with E-state index in [1.807, 2.05) is 16.8 Å². The Bertz CT molecular complexity index is 266. The van der Waals surface area contributed by atoms with Gasteiger partial charge in [-0.3, -0.25) is 9.69 Å². The Morgan fingerprint density at radius 3 is 2.31 bits per heavy atom. The lowest BCUT2D eigenvalue weighted by Gasteiger charge is -2.35. The van der Waals surface area contributed by atoms with Gasteiger partial charge >= 0.3 is 0 Å². The molecule has 2 atom stereocenters. The fourth-order valence-electron chi connectivity index (χ4n) is 2.46. The van der Waals surface area contributed by atoms with Gasteiger partial charge in [-0.25, -0.2) is 4.39 Å². The van der Waals surface area contributed by atoms with Gasteiger partial charge in [0.25, 0.3) is 0 Å². The van der Waals surface area contributed by atoms with Crippen LogP contribution in [0.4, 0.5) is 4.39 Å². The molecule has 0 aliphatic carbocycles. The fourth-order valence-corrected chi connectivity index (χ4v) is 2.46. The normalized spacial score (nSPS) is 33.3. The average Bonchev–Trinajstić information content (AvgIpc) is 2.58. The summed E-state index contributed by atoms with van der Waals surface area (Å²) in [5, 5.41) is 0. The molecule has 2 fully saturated rings. The molecule has 0 spiro atoms. The summed E-state index contributed by atoms with van der Waals surface area (Å²) in [6.07, 6.45) is -0.479. The van der Waals surface area contributed by atoms with Crippen LogP contribution in [0.15, 0.2) is 0 Å². The van der Waals surface area contributed by atoms with E-state index in [-0.39, 0.29) is 11.9 Å². The molecule has 2 saturated heterocycles. The summed E-state index contributed by atoms with van der Waals surface area (Å²) in [7, 11) is 3.89. The molecule has 0 radical (unpaired) electrons. The first-order valence-corrected chi connectivity index (χ1v) is 5.89. The highest BCUT2D eigenvalue weighted by Crippen LogP contribution is 2.20. The highest BCUT2D eigenvalue weighted by Gasteiger charge is 2.37. The number of alkyl halides is 1. The number of piperazine rings is 1. The largest absolute Gasteiger partial charge is 0.339 e. The Morgan fingerprint density at radius 1 is 1.19 bits per heavy atom. The molecular weight excluding hydrogens is 209 g/mol. The van der Waals surface area contributed by atoms with Gasteiger partial charge in [0.05, 0.1) is 6.04 Å². The molecule has 5 heteroatoms. The Labute approximate surface area is 96.0 Å². The van der Waals surface area contributed by atoms with E-state index in [1.54, 1.807) is 0 Å². The van der Waals surface area contributed by atoms with Gasteiger partial charge in [0, 0.05) is 39.1 Å².